The van der Waals surface area contributed by atoms with E-state index < -0.39 is 28.5 Å². The van der Waals surface area contributed by atoms with E-state index in [1.807, 2.05) is 13.8 Å². The van der Waals surface area contributed by atoms with Crippen LogP contribution in [0.15, 0.2) is 77.7 Å². The summed E-state index contributed by atoms with van der Waals surface area (Å²) in [4.78, 5) is 28.2. The Morgan fingerprint density at radius 3 is 2.12 bits per heavy atom. The van der Waals surface area contributed by atoms with Gasteiger partial charge in [-0.1, -0.05) is 54.4 Å². The average molecular weight is 607 g/mol. The minimum Gasteiger partial charge on any atom is -0.494 e. The fourth-order valence-electron chi connectivity index (χ4n) is 3.96. The molecule has 0 radical (unpaired) electrons. The number of anilines is 1. The summed E-state index contributed by atoms with van der Waals surface area (Å²) in [6.07, 6.45) is 0.712. The van der Waals surface area contributed by atoms with Crippen LogP contribution in [-0.2, 0) is 26.2 Å². The van der Waals surface area contributed by atoms with Crippen molar-refractivity contribution in [1.29, 1.82) is 0 Å². The zero-order chi connectivity index (χ0) is 29.3. The Balaban J connectivity index is 2.04. The standard InChI is InChI=1S/C29H33Cl2N3O5S/c1-4-18-32-29(36)21(3)33(19-25-26(30)12-9-13-27(25)31)28(35)20-34(22-14-16-23(17-15-22)39-5-2)40(37,38)24-10-7-6-8-11-24/h6-17,21H,4-5,18-20H2,1-3H3,(H,32,36)/t21-/m1/s1. The summed E-state index contributed by atoms with van der Waals surface area (Å²) < 4.78 is 34.2. The number of halogens is 2. The number of carbonyl (C=O) groups excluding carboxylic acids is 2. The number of hydrogen-bond acceptors (Lipinski definition) is 5. The van der Waals surface area contributed by atoms with Gasteiger partial charge in [-0.2, -0.15) is 0 Å². The van der Waals surface area contributed by atoms with Crippen LogP contribution in [0.5, 0.6) is 5.75 Å². The van der Waals surface area contributed by atoms with Gasteiger partial charge in [-0.25, -0.2) is 8.42 Å². The molecule has 0 spiro atoms. The van der Waals surface area contributed by atoms with Crippen molar-refractivity contribution in [2.45, 2.75) is 44.7 Å². The summed E-state index contributed by atoms with van der Waals surface area (Å²) in [5.41, 5.74) is 0.715. The van der Waals surface area contributed by atoms with Gasteiger partial charge in [0.15, 0.2) is 0 Å². The molecule has 214 valence electrons. The molecule has 0 aromatic heterocycles. The largest absolute Gasteiger partial charge is 0.494 e. The van der Waals surface area contributed by atoms with Crippen LogP contribution in [0, 0.1) is 0 Å². The maximum atomic E-state index is 14.0. The van der Waals surface area contributed by atoms with Crippen LogP contribution in [0.25, 0.3) is 0 Å². The molecule has 0 aliphatic rings. The quantitative estimate of drug-likeness (QED) is 0.276. The van der Waals surface area contributed by atoms with E-state index >= 15 is 0 Å². The van der Waals surface area contributed by atoms with E-state index in [1.165, 1.54) is 17.0 Å². The fourth-order valence-corrected chi connectivity index (χ4v) is 5.91. The minimum atomic E-state index is -4.16. The molecule has 0 fully saturated rings. The summed E-state index contributed by atoms with van der Waals surface area (Å²) >= 11 is 12.8. The van der Waals surface area contributed by atoms with Crippen LogP contribution >= 0.6 is 23.2 Å². The molecule has 0 aliphatic heterocycles. The van der Waals surface area contributed by atoms with Crippen LogP contribution in [0.2, 0.25) is 10.0 Å². The van der Waals surface area contributed by atoms with E-state index in [-0.39, 0.29) is 23.0 Å². The molecule has 11 heteroatoms. The molecule has 0 bridgehead atoms. The normalized spacial score (nSPS) is 11.9. The van der Waals surface area contributed by atoms with Gasteiger partial charge in [0.05, 0.1) is 17.2 Å². The van der Waals surface area contributed by atoms with Crippen LogP contribution in [0.3, 0.4) is 0 Å². The number of nitrogens with one attached hydrogen (secondary N) is 1. The Morgan fingerprint density at radius 2 is 1.55 bits per heavy atom. The average Bonchev–Trinajstić information content (AvgIpc) is 2.95. The smallest absolute Gasteiger partial charge is 0.264 e. The van der Waals surface area contributed by atoms with Crippen molar-refractivity contribution in [3.05, 3.63) is 88.4 Å². The number of sulfonamides is 1. The second kappa shape index (κ2) is 14.4. The highest BCUT2D eigenvalue weighted by Gasteiger charge is 2.33. The Hall–Kier alpha value is -3.27. The van der Waals surface area contributed by atoms with E-state index in [0.29, 0.717) is 40.9 Å². The molecule has 0 unspecified atom stereocenters. The number of ether oxygens (including phenoxy) is 1. The number of amides is 2. The molecule has 0 saturated heterocycles. The summed E-state index contributed by atoms with van der Waals surface area (Å²) in [6, 6.07) is 18.3. The maximum absolute atomic E-state index is 14.0. The second-order valence-electron chi connectivity index (χ2n) is 8.94. The molecule has 8 nitrogen and oxygen atoms in total. The Bertz CT molecular complexity index is 1380. The number of nitrogens with zero attached hydrogens (tertiary/aromatic N) is 2. The molecular formula is C29H33Cl2N3O5S. The monoisotopic (exact) mass is 605 g/mol. The van der Waals surface area contributed by atoms with Crippen molar-refractivity contribution < 1.29 is 22.7 Å². The predicted molar refractivity (Wildman–Crippen MR) is 158 cm³/mol. The lowest BCUT2D eigenvalue weighted by Gasteiger charge is -2.32. The molecule has 0 saturated carbocycles. The van der Waals surface area contributed by atoms with E-state index in [9.17, 15) is 18.0 Å². The summed E-state index contributed by atoms with van der Waals surface area (Å²) in [7, 11) is -4.16. The van der Waals surface area contributed by atoms with Crippen molar-refractivity contribution >= 4 is 50.7 Å². The molecule has 3 aromatic carbocycles. The van der Waals surface area contributed by atoms with Gasteiger partial charge in [0.25, 0.3) is 10.0 Å². The molecule has 0 aliphatic carbocycles. The molecule has 1 atom stereocenters. The van der Waals surface area contributed by atoms with Crippen molar-refractivity contribution in [2.24, 2.45) is 0 Å². The predicted octanol–water partition coefficient (Wildman–Crippen LogP) is 5.53. The summed E-state index contributed by atoms with van der Waals surface area (Å²) in [6.45, 7) is 5.55. The lowest BCUT2D eigenvalue weighted by atomic mass is 10.1. The lowest BCUT2D eigenvalue weighted by Crippen LogP contribution is -2.51. The number of hydrogen-bond donors (Lipinski definition) is 1. The third-order valence-corrected chi connectivity index (χ3v) is 8.65. The highest BCUT2D eigenvalue weighted by Crippen LogP contribution is 2.29. The first kappa shape index (κ1) is 31.3. The van der Waals surface area contributed by atoms with Crippen LogP contribution in [0.1, 0.15) is 32.8 Å². The fraction of sp³-hybridized carbons (Fsp3) is 0.310. The third kappa shape index (κ3) is 7.68. The minimum absolute atomic E-state index is 0.0196. The Labute approximate surface area is 245 Å². The zero-order valence-electron chi connectivity index (χ0n) is 22.6. The van der Waals surface area contributed by atoms with Gasteiger partial charge in [0, 0.05) is 28.7 Å². The Morgan fingerprint density at radius 1 is 0.925 bits per heavy atom. The van der Waals surface area contributed by atoms with Gasteiger partial charge in [-0.15, -0.1) is 0 Å². The number of rotatable bonds is 13. The number of carbonyl (C=O) groups is 2. The SMILES string of the molecule is CCCNC(=O)[C@@H](C)N(Cc1c(Cl)cccc1Cl)C(=O)CN(c1ccc(OCC)cc1)S(=O)(=O)c1ccccc1. The zero-order valence-corrected chi connectivity index (χ0v) is 25.0. The van der Waals surface area contributed by atoms with Crippen molar-refractivity contribution in [1.82, 2.24) is 10.2 Å². The van der Waals surface area contributed by atoms with Gasteiger partial charge in [0.2, 0.25) is 11.8 Å². The topological polar surface area (TPSA) is 96.0 Å². The Kier molecular flexibility index (Phi) is 11.2. The summed E-state index contributed by atoms with van der Waals surface area (Å²) in [5, 5.41) is 3.45. The van der Waals surface area contributed by atoms with Gasteiger partial charge in [0.1, 0.15) is 18.3 Å². The van der Waals surface area contributed by atoms with Crippen LogP contribution in [0.4, 0.5) is 5.69 Å². The van der Waals surface area contributed by atoms with Crippen molar-refractivity contribution in [3.63, 3.8) is 0 Å². The van der Waals surface area contributed by atoms with Gasteiger partial charge in [-0.05, 0) is 68.8 Å². The van der Waals surface area contributed by atoms with E-state index in [2.05, 4.69) is 5.32 Å². The highest BCUT2D eigenvalue weighted by atomic mass is 35.5. The molecule has 1 N–H and O–H groups in total. The van der Waals surface area contributed by atoms with Gasteiger partial charge in [-0.3, -0.25) is 13.9 Å². The summed E-state index contributed by atoms with van der Waals surface area (Å²) in [5.74, 6) is -0.425. The van der Waals surface area contributed by atoms with Crippen LogP contribution < -0.4 is 14.4 Å². The third-order valence-electron chi connectivity index (χ3n) is 6.15. The van der Waals surface area contributed by atoms with Gasteiger partial charge < -0.3 is 15.0 Å². The molecule has 0 heterocycles. The highest BCUT2D eigenvalue weighted by molar-refractivity contribution is 7.92. The first-order valence-electron chi connectivity index (χ1n) is 12.9. The lowest BCUT2D eigenvalue weighted by molar-refractivity contribution is -0.139. The molecule has 2 amide bonds. The molecule has 3 aromatic rings. The van der Waals surface area contributed by atoms with Crippen molar-refractivity contribution in [3.8, 4) is 5.75 Å². The first-order chi connectivity index (χ1) is 19.1. The first-order valence-corrected chi connectivity index (χ1v) is 15.1. The second-order valence-corrected chi connectivity index (χ2v) is 11.6. The van der Waals surface area contributed by atoms with E-state index in [4.69, 9.17) is 27.9 Å². The van der Waals surface area contributed by atoms with Crippen LogP contribution in [-0.4, -0.2) is 50.9 Å². The number of benzene rings is 3. The van der Waals surface area contributed by atoms with E-state index in [1.54, 1.807) is 67.6 Å². The molecular weight excluding hydrogens is 573 g/mol. The molecule has 3 rings (SSSR count). The van der Waals surface area contributed by atoms with E-state index in [0.717, 1.165) is 4.31 Å². The molecule has 40 heavy (non-hydrogen) atoms. The van der Waals surface area contributed by atoms with Gasteiger partial charge >= 0.3 is 0 Å². The van der Waals surface area contributed by atoms with Crippen molar-refractivity contribution in [2.75, 3.05) is 24.0 Å². The maximum Gasteiger partial charge on any atom is 0.264 e.